The van der Waals surface area contributed by atoms with Crippen molar-refractivity contribution in [3.63, 3.8) is 0 Å². The zero-order chi connectivity index (χ0) is 8.32. The molecule has 1 rings (SSSR count). The van der Waals surface area contributed by atoms with E-state index in [1.165, 1.54) is 6.42 Å². The molecule has 0 spiro atoms. The van der Waals surface area contributed by atoms with E-state index in [1.807, 2.05) is 0 Å². The summed E-state index contributed by atoms with van der Waals surface area (Å²) in [6.45, 7) is 9.72. The summed E-state index contributed by atoms with van der Waals surface area (Å²) in [6, 6.07) is 0. The molecule has 1 N–H and O–H groups in total. The lowest BCUT2D eigenvalue weighted by molar-refractivity contribution is 0.0405. The summed E-state index contributed by atoms with van der Waals surface area (Å²) in [5.41, 5.74) is 0.523. The molecule has 0 aromatic heterocycles. The van der Waals surface area contributed by atoms with Gasteiger partial charge >= 0.3 is 0 Å². The van der Waals surface area contributed by atoms with Gasteiger partial charge < -0.3 is 10.1 Å². The van der Waals surface area contributed by atoms with Gasteiger partial charge in [-0.2, -0.15) is 0 Å². The van der Waals surface area contributed by atoms with Crippen LogP contribution in [0.1, 0.15) is 27.2 Å². The second kappa shape index (κ2) is 3.55. The lowest BCUT2D eigenvalue weighted by Gasteiger charge is -2.39. The Morgan fingerprint density at radius 3 is 2.45 bits per heavy atom. The van der Waals surface area contributed by atoms with Gasteiger partial charge in [-0.15, -0.1) is 0 Å². The zero-order valence-electron chi connectivity index (χ0n) is 7.81. The molecule has 0 unspecified atom stereocenters. The summed E-state index contributed by atoms with van der Waals surface area (Å²) >= 11 is 0. The molecule has 0 aromatic carbocycles. The van der Waals surface area contributed by atoms with Crippen molar-refractivity contribution in [3.8, 4) is 0 Å². The molecule has 1 saturated heterocycles. The van der Waals surface area contributed by atoms with Crippen LogP contribution in [0.15, 0.2) is 0 Å². The highest BCUT2D eigenvalue weighted by molar-refractivity contribution is 4.87. The van der Waals surface area contributed by atoms with Gasteiger partial charge in [-0.1, -0.05) is 6.92 Å². The van der Waals surface area contributed by atoms with Gasteiger partial charge in [0.15, 0.2) is 0 Å². The van der Waals surface area contributed by atoms with Crippen LogP contribution in [-0.4, -0.2) is 25.8 Å². The van der Waals surface area contributed by atoms with Crippen LogP contribution < -0.4 is 5.32 Å². The molecule has 0 radical (unpaired) electrons. The van der Waals surface area contributed by atoms with Crippen LogP contribution in [0.4, 0.5) is 0 Å². The highest BCUT2D eigenvalue weighted by Crippen LogP contribution is 2.25. The summed E-state index contributed by atoms with van der Waals surface area (Å²) in [4.78, 5) is 0. The second-order valence-electron chi connectivity index (χ2n) is 4.08. The minimum absolute atomic E-state index is 0.381. The standard InChI is InChI=1S/C9H19NO/c1-8(2)11-5-4-9(3)6-10-7-9/h8,10H,4-7H2,1-3H3. The maximum atomic E-state index is 5.49. The molecule has 0 saturated carbocycles. The van der Waals surface area contributed by atoms with Crippen molar-refractivity contribution >= 4 is 0 Å². The van der Waals surface area contributed by atoms with Gasteiger partial charge in [0.05, 0.1) is 6.10 Å². The maximum absolute atomic E-state index is 5.49. The van der Waals surface area contributed by atoms with Gasteiger partial charge in [-0.05, 0) is 25.7 Å². The molecular weight excluding hydrogens is 138 g/mol. The summed E-state index contributed by atoms with van der Waals surface area (Å²) < 4.78 is 5.49. The van der Waals surface area contributed by atoms with Gasteiger partial charge in [0.25, 0.3) is 0 Å². The third-order valence-corrected chi connectivity index (χ3v) is 2.26. The van der Waals surface area contributed by atoms with Gasteiger partial charge in [0.2, 0.25) is 0 Å². The topological polar surface area (TPSA) is 21.3 Å². The molecule has 0 aliphatic carbocycles. The monoisotopic (exact) mass is 157 g/mol. The Morgan fingerprint density at radius 2 is 2.09 bits per heavy atom. The first-order valence-corrected chi connectivity index (χ1v) is 4.45. The van der Waals surface area contributed by atoms with Crippen LogP contribution in [0.5, 0.6) is 0 Å². The minimum Gasteiger partial charge on any atom is -0.379 e. The van der Waals surface area contributed by atoms with Crippen molar-refractivity contribution in [3.05, 3.63) is 0 Å². The lowest BCUT2D eigenvalue weighted by atomic mass is 9.81. The van der Waals surface area contributed by atoms with E-state index in [4.69, 9.17) is 4.74 Å². The number of ether oxygens (including phenoxy) is 1. The smallest absolute Gasteiger partial charge is 0.0518 e. The van der Waals surface area contributed by atoms with E-state index in [-0.39, 0.29) is 0 Å². The first-order chi connectivity index (χ1) is 5.12. The predicted molar refractivity (Wildman–Crippen MR) is 46.7 cm³/mol. The summed E-state index contributed by atoms with van der Waals surface area (Å²) in [5, 5.41) is 3.28. The first-order valence-electron chi connectivity index (χ1n) is 4.45. The fraction of sp³-hybridized carbons (Fsp3) is 1.00. The van der Waals surface area contributed by atoms with Crippen LogP contribution >= 0.6 is 0 Å². The van der Waals surface area contributed by atoms with Gasteiger partial charge in [-0.3, -0.25) is 0 Å². The fourth-order valence-corrected chi connectivity index (χ4v) is 1.27. The molecule has 2 nitrogen and oxygen atoms in total. The number of hydrogen-bond donors (Lipinski definition) is 1. The Morgan fingerprint density at radius 1 is 1.45 bits per heavy atom. The minimum atomic E-state index is 0.381. The molecule has 0 bridgehead atoms. The Bertz CT molecular complexity index is 119. The lowest BCUT2D eigenvalue weighted by Crippen LogP contribution is -2.51. The normalized spacial score (nSPS) is 21.8. The summed E-state index contributed by atoms with van der Waals surface area (Å²) in [5.74, 6) is 0. The quantitative estimate of drug-likeness (QED) is 0.666. The van der Waals surface area contributed by atoms with Crippen molar-refractivity contribution in [2.24, 2.45) is 5.41 Å². The Labute approximate surface area is 69.3 Å². The van der Waals surface area contributed by atoms with E-state index < -0.39 is 0 Å². The van der Waals surface area contributed by atoms with Gasteiger partial charge in [0, 0.05) is 19.7 Å². The van der Waals surface area contributed by atoms with Gasteiger partial charge in [0.1, 0.15) is 0 Å². The van der Waals surface area contributed by atoms with Crippen LogP contribution in [0.2, 0.25) is 0 Å². The van der Waals surface area contributed by atoms with Crippen LogP contribution in [0, 0.1) is 5.41 Å². The largest absolute Gasteiger partial charge is 0.379 e. The van der Waals surface area contributed by atoms with Crippen molar-refractivity contribution in [1.29, 1.82) is 0 Å². The van der Waals surface area contributed by atoms with E-state index in [0.29, 0.717) is 11.5 Å². The van der Waals surface area contributed by atoms with Crippen LogP contribution in [-0.2, 0) is 4.74 Å². The molecule has 0 atom stereocenters. The fourth-order valence-electron chi connectivity index (χ4n) is 1.27. The SMILES string of the molecule is CC(C)OCCC1(C)CNC1. The number of rotatable bonds is 4. The Balaban J connectivity index is 2.02. The summed E-state index contributed by atoms with van der Waals surface area (Å²) in [7, 11) is 0. The van der Waals surface area contributed by atoms with Crippen molar-refractivity contribution in [1.82, 2.24) is 5.32 Å². The zero-order valence-corrected chi connectivity index (χ0v) is 7.81. The van der Waals surface area contributed by atoms with Gasteiger partial charge in [-0.25, -0.2) is 0 Å². The third kappa shape index (κ3) is 2.80. The highest BCUT2D eigenvalue weighted by atomic mass is 16.5. The molecule has 2 heteroatoms. The average Bonchev–Trinajstić information content (AvgIpc) is 1.83. The van der Waals surface area contributed by atoms with E-state index in [9.17, 15) is 0 Å². The molecule has 11 heavy (non-hydrogen) atoms. The molecule has 66 valence electrons. The number of hydrogen-bond acceptors (Lipinski definition) is 2. The second-order valence-corrected chi connectivity index (χ2v) is 4.08. The van der Waals surface area contributed by atoms with Crippen molar-refractivity contribution < 1.29 is 4.74 Å². The molecule has 0 aromatic rings. The molecule has 0 amide bonds. The first kappa shape index (κ1) is 9.01. The maximum Gasteiger partial charge on any atom is 0.0518 e. The van der Waals surface area contributed by atoms with Crippen LogP contribution in [0.3, 0.4) is 0 Å². The molecule has 1 aliphatic heterocycles. The average molecular weight is 157 g/mol. The van der Waals surface area contributed by atoms with E-state index in [2.05, 4.69) is 26.1 Å². The van der Waals surface area contributed by atoms with Crippen LogP contribution in [0.25, 0.3) is 0 Å². The molecule has 1 heterocycles. The van der Waals surface area contributed by atoms with E-state index in [0.717, 1.165) is 19.7 Å². The molecular formula is C9H19NO. The summed E-state index contributed by atoms with van der Waals surface area (Å²) in [6.07, 6.45) is 1.57. The Kier molecular flexibility index (Phi) is 2.90. The third-order valence-electron chi connectivity index (χ3n) is 2.26. The van der Waals surface area contributed by atoms with E-state index >= 15 is 0 Å². The highest BCUT2D eigenvalue weighted by Gasteiger charge is 2.30. The van der Waals surface area contributed by atoms with Crippen molar-refractivity contribution in [2.75, 3.05) is 19.7 Å². The predicted octanol–water partition coefficient (Wildman–Crippen LogP) is 1.41. The Hall–Kier alpha value is -0.0800. The molecule has 1 aliphatic rings. The molecule has 1 fully saturated rings. The van der Waals surface area contributed by atoms with E-state index in [1.54, 1.807) is 0 Å². The number of nitrogens with one attached hydrogen (secondary N) is 1. The van der Waals surface area contributed by atoms with Crippen molar-refractivity contribution in [2.45, 2.75) is 33.3 Å².